The smallest absolute Gasteiger partial charge is 0.137 e. The summed E-state index contributed by atoms with van der Waals surface area (Å²) in [5.74, 6) is -0.248. The maximum absolute atomic E-state index is 13.4. The van der Waals surface area contributed by atoms with Crippen LogP contribution in [0.4, 0.5) is 4.39 Å². The first-order chi connectivity index (χ1) is 6.52. The molecule has 1 N–H and O–H groups in total. The Morgan fingerprint density at radius 2 is 1.93 bits per heavy atom. The zero-order chi connectivity index (χ0) is 10.7. The lowest BCUT2D eigenvalue weighted by atomic mass is 10.1. The Kier molecular flexibility index (Phi) is 3.96. The van der Waals surface area contributed by atoms with Crippen molar-refractivity contribution in [2.45, 2.75) is 37.0 Å². The Hall–Kier alpha value is -0.540. The van der Waals surface area contributed by atoms with Crippen molar-refractivity contribution in [3.8, 4) is 0 Å². The van der Waals surface area contributed by atoms with Crippen LogP contribution in [0.5, 0.6) is 0 Å². The number of thioether (sulfide) groups is 1. The maximum Gasteiger partial charge on any atom is 0.137 e. The van der Waals surface area contributed by atoms with Crippen LogP contribution in [-0.2, 0) is 0 Å². The number of hydrogen-bond donors (Lipinski definition) is 1. The molecule has 0 fully saturated rings. The van der Waals surface area contributed by atoms with E-state index in [1.165, 1.54) is 17.8 Å². The zero-order valence-electron chi connectivity index (χ0n) is 8.62. The molecule has 0 aliphatic heterocycles. The van der Waals surface area contributed by atoms with Crippen LogP contribution in [0.3, 0.4) is 0 Å². The van der Waals surface area contributed by atoms with Crippen molar-refractivity contribution in [3.63, 3.8) is 0 Å². The van der Waals surface area contributed by atoms with Gasteiger partial charge in [0.05, 0.1) is 6.10 Å². The Morgan fingerprint density at radius 1 is 1.29 bits per heavy atom. The Balaban J connectivity index is 3.09. The van der Waals surface area contributed by atoms with Crippen molar-refractivity contribution in [1.82, 2.24) is 0 Å². The summed E-state index contributed by atoms with van der Waals surface area (Å²) in [5.41, 5.74) is 0.670. The number of hydrogen-bond acceptors (Lipinski definition) is 2. The molecule has 1 aromatic rings. The maximum atomic E-state index is 13.4. The largest absolute Gasteiger partial charge is 0.389 e. The van der Waals surface area contributed by atoms with Gasteiger partial charge in [-0.25, -0.2) is 4.39 Å². The van der Waals surface area contributed by atoms with Gasteiger partial charge in [0.2, 0.25) is 0 Å². The lowest BCUT2D eigenvalue weighted by Crippen LogP contribution is -1.99. The van der Waals surface area contributed by atoms with Crippen LogP contribution in [0, 0.1) is 5.82 Å². The van der Waals surface area contributed by atoms with E-state index in [1.807, 2.05) is 13.8 Å². The van der Waals surface area contributed by atoms with Gasteiger partial charge in [-0.2, -0.15) is 0 Å². The van der Waals surface area contributed by atoms with E-state index in [9.17, 15) is 9.50 Å². The van der Waals surface area contributed by atoms with Crippen molar-refractivity contribution in [1.29, 1.82) is 0 Å². The quantitative estimate of drug-likeness (QED) is 0.778. The van der Waals surface area contributed by atoms with E-state index in [0.29, 0.717) is 15.7 Å². The highest BCUT2D eigenvalue weighted by Crippen LogP contribution is 2.32. The number of benzene rings is 1. The normalized spacial score (nSPS) is 13.3. The number of rotatable bonds is 3. The average molecular weight is 214 g/mol. The topological polar surface area (TPSA) is 20.2 Å². The molecule has 1 rings (SSSR count). The minimum Gasteiger partial charge on any atom is -0.389 e. The highest BCUT2D eigenvalue weighted by molar-refractivity contribution is 8.00. The van der Waals surface area contributed by atoms with Gasteiger partial charge in [0.1, 0.15) is 5.82 Å². The first-order valence-corrected chi connectivity index (χ1v) is 5.53. The van der Waals surface area contributed by atoms with Crippen LogP contribution >= 0.6 is 11.8 Å². The molecule has 0 unspecified atom stereocenters. The van der Waals surface area contributed by atoms with Crippen LogP contribution in [-0.4, -0.2) is 10.4 Å². The molecule has 1 nitrogen and oxygen atoms in total. The third kappa shape index (κ3) is 2.72. The molecule has 0 aromatic heterocycles. The third-order valence-electron chi connectivity index (χ3n) is 1.80. The van der Waals surface area contributed by atoms with E-state index in [4.69, 9.17) is 0 Å². The predicted octanol–water partition coefficient (Wildman–Crippen LogP) is 3.38. The molecule has 0 saturated heterocycles. The van der Waals surface area contributed by atoms with E-state index in [-0.39, 0.29) is 5.82 Å². The van der Waals surface area contributed by atoms with Gasteiger partial charge in [0, 0.05) is 10.1 Å². The van der Waals surface area contributed by atoms with Gasteiger partial charge >= 0.3 is 0 Å². The number of aliphatic hydroxyl groups excluding tert-OH is 1. The molecule has 14 heavy (non-hydrogen) atoms. The summed E-state index contributed by atoms with van der Waals surface area (Å²) in [6.45, 7) is 5.66. The monoisotopic (exact) mass is 214 g/mol. The Bertz CT molecular complexity index is 310. The van der Waals surface area contributed by atoms with E-state index < -0.39 is 6.10 Å². The van der Waals surface area contributed by atoms with E-state index >= 15 is 0 Å². The first kappa shape index (κ1) is 11.5. The van der Waals surface area contributed by atoms with Crippen LogP contribution in [0.15, 0.2) is 23.1 Å². The fraction of sp³-hybridized carbons (Fsp3) is 0.455. The van der Waals surface area contributed by atoms with Gasteiger partial charge < -0.3 is 5.11 Å². The summed E-state index contributed by atoms with van der Waals surface area (Å²) >= 11 is 1.44. The zero-order valence-corrected chi connectivity index (χ0v) is 9.44. The predicted molar refractivity (Wildman–Crippen MR) is 58.0 cm³/mol. The molecule has 0 aliphatic carbocycles. The summed E-state index contributed by atoms with van der Waals surface area (Å²) in [6, 6.07) is 4.82. The molecule has 3 heteroatoms. The van der Waals surface area contributed by atoms with Crippen molar-refractivity contribution in [2.75, 3.05) is 0 Å². The van der Waals surface area contributed by atoms with Gasteiger partial charge in [-0.05, 0) is 18.6 Å². The molecular formula is C11H15FOS. The van der Waals surface area contributed by atoms with E-state index in [2.05, 4.69) is 0 Å². The standard InChI is InChI=1S/C11H15FOS/c1-7(2)14-11-9(8(3)13)5-4-6-10(11)12/h4-8,13H,1-3H3/t8-/m1/s1. The van der Waals surface area contributed by atoms with Crippen LogP contribution in [0.2, 0.25) is 0 Å². The first-order valence-electron chi connectivity index (χ1n) is 4.65. The summed E-state index contributed by atoms with van der Waals surface area (Å²) in [7, 11) is 0. The summed E-state index contributed by atoms with van der Waals surface area (Å²) < 4.78 is 13.4. The van der Waals surface area contributed by atoms with Gasteiger partial charge in [0.25, 0.3) is 0 Å². The summed E-state index contributed by atoms with van der Waals surface area (Å²) in [5, 5.41) is 9.77. The fourth-order valence-corrected chi connectivity index (χ4v) is 2.24. The summed E-state index contributed by atoms with van der Waals surface area (Å²) in [6.07, 6.45) is -0.619. The average Bonchev–Trinajstić information content (AvgIpc) is 2.07. The van der Waals surface area contributed by atoms with Gasteiger partial charge in [-0.3, -0.25) is 0 Å². The van der Waals surface area contributed by atoms with Crippen LogP contribution < -0.4 is 0 Å². The molecule has 0 heterocycles. The highest BCUT2D eigenvalue weighted by Gasteiger charge is 2.13. The molecule has 0 bridgehead atoms. The van der Waals surface area contributed by atoms with Crippen LogP contribution in [0.1, 0.15) is 32.4 Å². The SMILES string of the molecule is CC(C)Sc1c(F)cccc1[C@@H](C)O. The van der Waals surface area contributed by atoms with Crippen molar-refractivity contribution in [2.24, 2.45) is 0 Å². The summed E-state index contributed by atoms with van der Waals surface area (Å²) in [4.78, 5) is 0.567. The Labute approximate surface area is 88.3 Å². The molecule has 0 aliphatic rings. The van der Waals surface area contributed by atoms with E-state index in [0.717, 1.165) is 0 Å². The minimum absolute atomic E-state index is 0.248. The second-order valence-corrected chi connectivity index (χ2v) is 5.09. The number of halogens is 1. The molecule has 0 radical (unpaired) electrons. The number of aliphatic hydroxyl groups is 1. The fourth-order valence-electron chi connectivity index (χ4n) is 1.21. The lowest BCUT2D eigenvalue weighted by Gasteiger charge is -2.13. The molecule has 0 saturated carbocycles. The van der Waals surface area contributed by atoms with Crippen molar-refractivity contribution < 1.29 is 9.50 Å². The van der Waals surface area contributed by atoms with Crippen molar-refractivity contribution >= 4 is 11.8 Å². The molecule has 1 atom stereocenters. The van der Waals surface area contributed by atoms with Gasteiger partial charge in [0.15, 0.2) is 0 Å². The highest BCUT2D eigenvalue weighted by atomic mass is 32.2. The minimum atomic E-state index is -0.619. The molecule has 0 amide bonds. The third-order valence-corrected chi connectivity index (χ3v) is 2.94. The molecule has 78 valence electrons. The van der Waals surface area contributed by atoms with E-state index in [1.54, 1.807) is 19.1 Å². The van der Waals surface area contributed by atoms with Crippen molar-refractivity contribution in [3.05, 3.63) is 29.6 Å². The van der Waals surface area contributed by atoms with Gasteiger partial charge in [-0.15, -0.1) is 11.8 Å². The second-order valence-electron chi connectivity index (χ2n) is 3.50. The van der Waals surface area contributed by atoms with Gasteiger partial charge in [-0.1, -0.05) is 26.0 Å². The molecular weight excluding hydrogens is 199 g/mol. The Morgan fingerprint density at radius 3 is 2.43 bits per heavy atom. The molecule has 0 spiro atoms. The molecule has 1 aromatic carbocycles. The second kappa shape index (κ2) is 4.80. The lowest BCUT2D eigenvalue weighted by molar-refractivity contribution is 0.195. The van der Waals surface area contributed by atoms with Crippen LogP contribution in [0.25, 0.3) is 0 Å².